The summed E-state index contributed by atoms with van der Waals surface area (Å²) in [6.07, 6.45) is 3.69. The van der Waals surface area contributed by atoms with Crippen molar-refractivity contribution in [2.24, 2.45) is 7.05 Å². The number of aryl methyl sites for hydroxylation is 1. The van der Waals surface area contributed by atoms with Crippen molar-refractivity contribution in [3.8, 4) is 5.88 Å². The summed E-state index contributed by atoms with van der Waals surface area (Å²) >= 11 is 0. The molecule has 0 saturated heterocycles. The largest absolute Gasteiger partial charge is 0.480 e. The Morgan fingerprint density at radius 3 is 2.83 bits per heavy atom. The van der Waals surface area contributed by atoms with E-state index in [1.54, 1.807) is 25.4 Å². The molecule has 1 aliphatic heterocycles. The van der Waals surface area contributed by atoms with Gasteiger partial charge in [-0.1, -0.05) is 0 Å². The summed E-state index contributed by atoms with van der Waals surface area (Å²) < 4.78 is 33.6. The van der Waals surface area contributed by atoms with Crippen LogP contribution in [0.25, 0.3) is 0 Å². The first-order valence-electron chi connectivity index (χ1n) is 7.11. The Morgan fingerprint density at radius 1 is 1.30 bits per heavy atom. The van der Waals surface area contributed by atoms with Crippen molar-refractivity contribution in [3.05, 3.63) is 52.1 Å². The van der Waals surface area contributed by atoms with E-state index in [9.17, 15) is 13.2 Å². The van der Waals surface area contributed by atoms with E-state index in [4.69, 9.17) is 4.74 Å². The molecule has 0 bridgehead atoms. The molecule has 2 aromatic rings. The smallest absolute Gasteiger partial charge is 0.250 e. The van der Waals surface area contributed by atoms with Gasteiger partial charge < -0.3 is 9.30 Å². The maximum absolute atomic E-state index is 12.9. The van der Waals surface area contributed by atoms with E-state index in [1.807, 2.05) is 0 Å². The number of rotatable bonds is 3. The number of hydrogen-bond acceptors (Lipinski definition) is 5. The van der Waals surface area contributed by atoms with Gasteiger partial charge in [-0.2, -0.15) is 4.31 Å². The Hall–Kier alpha value is -2.19. The van der Waals surface area contributed by atoms with E-state index >= 15 is 0 Å². The first-order valence-corrected chi connectivity index (χ1v) is 8.55. The summed E-state index contributed by atoms with van der Waals surface area (Å²) in [5.74, 6) is 0.0822. The molecular formula is C15H17N3O4S. The van der Waals surface area contributed by atoms with Crippen molar-refractivity contribution in [1.82, 2.24) is 13.9 Å². The summed E-state index contributed by atoms with van der Waals surface area (Å²) in [5, 5.41) is 0. The second kappa shape index (κ2) is 5.78. The number of pyridine rings is 2. The van der Waals surface area contributed by atoms with E-state index in [2.05, 4.69) is 4.98 Å². The van der Waals surface area contributed by atoms with Crippen LogP contribution in [0.5, 0.6) is 5.88 Å². The van der Waals surface area contributed by atoms with Gasteiger partial charge in [0.1, 0.15) is 4.90 Å². The minimum atomic E-state index is -3.71. The van der Waals surface area contributed by atoms with E-state index in [0.717, 1.165) is 11.1 Å². The highest BCUT2D eigenvalue weighted by Gasteiger charge is 2.31. The van der Waals surface area contributed by atoms with Crippen LogP contribution in [0.4, 0.5) is 0 Å². The molecule has 0 unspecified atom stereocenters. The summed E-state index contributed by atoms with van der Waals surface area (Å²) in [6, 6.07) is 4.62. The number of methoxy groups -OCH3 is 1. The molecule has 1 aliphatic rings. The van der Waals surface area contributed by atoms with Crippen LogP contribution in [0.15, 0.2) is 40.3 Å². The molecule has 7 nitrogen and oxygen atoms in total. The van der Waals surface area contributed by atoms with Gasteiger partial charge in [0.25, 0.3) is 5.56 Å². The topological polar surface area (TPSA) is 81.5 Å². The Bertz CT molecular complexity index is 905. The molecule has 0 fully saturated rings. The van der Waals surface area contributed by atoms with Crippen LogP contribution in [0.1, 0.15) is 11.1 Å². The van der Waals surface area contributed by atoms with Gasteiger partial charge in [0, 0.05) is 38.6 Å². The van der Waals surface area contributed by atoms with Gasteiger partial charge in [0.2, 0.25) is 15.9 Å². The predicted octanol–water partition coefficient (Wildman–Crippen LogP) is 0.536. The number of aromatic nitrogens is 2. The molecule has 0 amide bonds. The SMILES string of the molecule is COc1ncccc1S(=O)(=O)N1CCc2cc(=O)n(C)cc2C1. The van der Waals surface area contributed by atoms with Crippen molar-refractivity contribution in [2.75, 3.05) is 13.7 Å². The zero-order chi connectivity index (χ0) is 16.6. The van der Waals surface area contributed by atoms with Crippen molar-refractivity contribution >= 4 is 10.0 Å². The first-order chi connectivity index (χ1) is 10.9. The minimum Gasteiger partial charge on any atom is -0.480 e. The van der Waals surface area contributed by atoms with Crippen LogP contribution >= 0.6 is 0 Å². The molecule has 8 heteroatoms. The molecule has 23 heavy (non-hydrogen) atoms. The van der Waals surface area contributed by atoms with Crippen molar-refractivity contribution in [1.29, 1.82) is 0 Å². The van der Waals surface area contributed by atoms with Crippen LogP contribution in [-0.2, 0) is 30.0 Å². The lowest BCUT2D eigenvalue weighted by molar-refractivity contribution is 0.368. The van der Waals surface area contributed by atoms with Gasteiger partial charge in [-0.3, -0.25) is 4.79 Å². The van der Waals surface area contributed by atoms with E-state index in [-0.39, 0.29) is 22.9 Å². The van der Waals surface area contributed by atoms with Gasteiger partial charge in [-0.15, -0.1) is 0 Å². The number of hydrogen-bond donors (Lipinski definition) is 0. The summed E-state index contributed by atoms with van der Waals surface area (Å²) in [7, 11) is -0.668. The Morgan fingerprint density at radius 2 is 2.09 bits per heavy atom. The highest BCUT2D eigenvalue weighted by atomic mass is 32.2. The molecular weight excluding hydrogens is 318 g/mol. The van der Waals surface area contributed by atoms with Gasteiger partial charge in [-0.05, 0) is 29.7 Å². The van der Waals surface area contributed by atoms with Crippen molar-refractivity contribution in [2.45, 2.75) is 17.9 Å². The van der Waals surface area contributed by atoms with Crippen LogP contribution in [0.3, 0.4) is 0 Å². The van der Waals surface area contributed by atoms with Crippen LogP contribution in [0, 0.1) is 0 Å². The van der Waals surface area contributed by atoms with Crippen molar-refractivity contribution in [3.63, 3.8) is 0 Å². The molecule has 2 aromatic heterocycles. The molecule has 122 valence electrons. The van der Waals surface area contributed by atoms with Crippen LogP contribution < -0.4 is 10.3 Å². The second-order valence-electron chi connectivity index (χ2n) is 5.37. The Labute approximate surface area is 134 Å². The lowest BCUT2D eigenvalue weighted by Gasteiger charge is -2.28. The summed E-state index contributed by atoms with van der Waals surface area (Å²) in [5.41, 5.74) is 1.65. The molecule has 3 heterocycles. The average molecular weight is 335 g/mol. The standard InChI is InChI=1S/C15H17N3O4S/c1-17-9-12-10-18(7-5-11(12)8-14(17)19)23(20,21)13-4-3-6-16-15(13)22-2/h3-4,6,8-9H,5,7,10H2,1-2H3. The molecule has 3 rings (SSSR count). The zero-order valence-electron chi connectivity index (χ0n) is 12.9. The Kier molecular flexibility index (Phi) is 3.95. The normalized spacial score (nSPS) is 15.2. The quantitative estimate of drug-likeness (QED) is 0.817. The highest BCUT2D eigenvalue weighted by Crippen LogP contribution is 2.28. The van der Waals surface area contributed by atoms with Gasteiger partial charge in [0.05, 0.1) is 7.11 Å². The van der Waals surface area contributed by atoms with Crippen LogP contribution in [-0.4, -0.2) is 35.9 Å². The summed E-state index contributed by atoms with van der Waals surface area (Å²) in [6.45, 7) is 0.546. The second-order valence-corrected chi connectivity index (χ2v) is 7.28. The fraction of sp³-hybridized carbons (Fsp3) is 0.333. The molecule has 0 saturated carbocycles. The fourth-order valence-electron chi connectivity index (χ4n) is 2.68. The monoisotopic (exact) mass is 335 g/mol. The third kappa shape index (κ3) is 2.75. The van der Waals surface area contributed by atoms with Gasteiger partial charge in [0.15, 0.2) is 0 Å². The third-order valence-electron chi connectivity index (χ3n) is 3.93. The molecule has 0 spiro atoms. The lowest BCUT2D eigenvalue weighted by atomic mass is 10.0. The predicted molar refractivity (Wildman–Crippen MR) is 83.8 cm³/mol. The maximum Gasteiger partial charge on any atom is 0.250 e. The Balaban J connectivity index is 1.99. The molecule has 0 radical (unpaired) electrons. The maximum atomic E-state index is 12.9. The number of nitrogens with zero attached hydrogens (tertiary/aromatic N) is 3. The van der Waals surface area contributed by atoms with Crippen LogP contribution in [0.2, 0.25) is 0 Å². The van der Waals surface area contributed by atoms with E-state index in [1.165, 1.54) is 28.2 Å². The number of fused-ring (bicyclic) bond motifs is 1. The van der Waals surface area contributed by atoms with Gasteiger partial charge in [-0.25, -0.2) is 13.4 Å². The highest BCUT2D eigenvalue weighted by molar-refractivity contribution is 7.89. The van der Waals surface area contributed by atoms with Gasteiger partial charge >= 0.3 is 0 Å². The minimum absolute atomic E-state index is 0.0516. The number of sulfonamides is 1. The first kappa shape index (κ1) is 15.7. The molecule has 0 aliphatic carbocycles. The fourth-order valence-corrected chi connectivity index (χ4v) is 4.21. The molecule has 0 atom stereocenters. The summed E-state index contributed by atoms with van der Waals surface area (Å²) in [4.78, 5) is 15.7. The van der Waals surface area contributed by atoms with E-state index in [0.29, 0.717) is 13.0 Å². The molecule has 0 N–H and O–H groups in total. The number of ether oxygens (including phenoxy) is 1. The lowest BCUT2D eigenvalue weighted by Crippen LogP contribution is -2.37. The van der Waals surface area contributed by atoms with Crippen molar-refractivity contribution < 1.29 is 13.2 Å². The molecule has 0 aromatic carbocycles. The zero-order valence-corrected chi connectivity index (χ0v) is 13.7. The van der Waals surface area contributed by atoms with E-state index < -0.39 is 10.0 Å². The third-order valence-corrected chi connectivity index (χ3v) is 5.79. The average Bonchev–Trinajstić information content (AvgIpc) is 2.55.